The second-order valence-corrected chi connectivity index (χ2v) is 7.47. The molecule has 0 aromatic carbocycles. The van der Waals surface area contributed by atoms with Gasteiger partial charge in [-0.25, -0.2) is 8.42 Å². The van der Waals surface area contributed by atoms with Crippen LogP contribution in [0.1, 0.15) is 10.4 Å². The maximum absolute atomic E-state index is 12.3. The third-order valence-corrected chi connectivity index (χ3v) is 5.95. The molecule has 2 aromatic rings. The fraction of sp³-hybridized carbons (Fsp3) is 0.364. The van der Waals surface area contributed by atoms with E-state index in [1.54, 1.807) is 42.6 Å². The molecular weight excluding hydrogens is 306 g/mol. The second-order valence-electron chi connectivity index (χ2n) is 4.17. The van der Waals surface area contributed by atoms with Gasteiger partial charge in [0.05, 0.1) is 17.0 Å². The molecule has 8 heteroatoms. The van der Waals surface area contributed by atoms with Crippen LogP contribution in [-0.4, -0.2) is 29.6 Å². The maximum atomic E-state index is 12.3. The molecule has 0 atom stereocenters. The summed E-state index contributed by atoms with van der Waals surface area (Å²) in [6.07, 6.45) is 3.45. The quantitative estimate of drug-likeness (QED) is 0.792. The molecule has 2 aromatic heterocycles. The molecule has 0 aliphatic heterocycles. The molecule has 2 heterocycles. The van der Waals surface area contributed by atoms with Gasteiger partial charge in [0.2, 0.25) is 10.0 Å². The van der Waals surface area contributed by atoms with Gasteiger partial charge in [-0.05, 0) is 6.07 Å². The SMILES string of the molecule is CN(Cc1cnn(C)c1)S(=O)(=O)c1csc(CCl)c1. The van der Waals surface area contributed by atoms with Crippen molar-refractivity contribution in [2.75, 3.05) is 7.05 Å². The van der Waals surface area contributed by atoms with Crippen LogP contribution in [0.5, 0.6) is 0 Å². The molecule has 0 N–H and O–H groups in total. The standard InChI is InChI=1S/C11H14ClN3O2S2/c1-14-6-9(5-13-14)7-15(2)19(16,17)11-3-10(4-12)18-8-11/h3,5-6,8H,4,7H2,1-2H3. The molecule has 5 nitrogen and oxygen atoms in total. The van der Waals surface area contributed by atoms with Crippen LogP contribution in [0.2, 0.25) is 0 Å². The molecule has 0 bridgehead atoms. The van der Waals surface area contributed by atoms with Gasteiger partial charge in [0.1, 0.15) is 0 Å². The zero-order chi connectivity index (χ0) is 14.0. The van der Waals surface area contributed by atoms with E-state index >= 15 is 0 Å². The van der Waals surface area contributed by atoms with E-state index in [2.05, 4.69) is 5.10 Å². The molecule has 0 saturated carbocycles. The van der Waals surface area contributed by atoms with Crippen molar-refractivity contribution < 1.29 is 8.42 Å². The van der Waals surface area contributed by atoms with Gasteiger partial charge in [0.15, 0.2) is 0 Å². The van der Waals surface area contributed by atoms with Gasteiger partial charge in [-0.2, -0.15) is 9.40 Å². The van der Waals surface area contributed by atoms with Gasteiger partial charge in [0.25, 0.3) is 0 Å². The molecule has 0 aliphatic rings. The third-order valence-electron chi connectivity index (χ3n) is 2.63. The van der Waals surface area contributed by atoms with Crippen LogP contribution in [0.4, 0.5) is 0 Å². The average molecular weight is 320 g/mol. The van der Waals surface area contributed by atoms with Crippen molar-refractivity contribution in [2.24, 2.45) is 7.05 Å². The topological polar surface area (TPSA) is 55.2 Å². The first-order chi connectivity index (χ1) is 8.93. The molecule has 19 heavy (non-hydrogen) atoms. The molecule has 0 spiro atoms. The summed E-state index contributed by atoms with van der Waals surface area (Å²) in [5.74, 6) is 0.326. The Hall–Kier alpha value is -0.890. The van der Waals surface area contributed by atoms with Crippen molar-refractivity contribution in [3.63, 3.8) is 0 Å². The maximum Gasteiger partial charge on any atom is 0.243 e. The van der Waals surface area contributed by atoms with Gasteiger partial charge < -0.3 is 0 Å². The van der Waals surface area contributed by atoms with Crippen LogP contribution < -0.4 is 0 Å². The minimum absolute atomic E-state index is 0.291. The molecule has 0 fully saturated rings. The van der Waals surface area contributed by atoms with Crippen molar-refractivity contribution in [3.8, 4) is 0 Å². The number of nitrogens with zero attached hydrogens (tertiary/aromatic N) is 3. The predicted octanol–water partition coefficient (Wildman–Crippen LogP) is 2.04. The number of sulfonamides is 1. The van der Waals surface area contributed by atoms with Crippen molar-refractivity contribution in [1.29, 1.82) is 0 Å². The van der Waals surface area contributed by atoms with Crippen LogP contribution in [-0.2, 0) is 29.5 Å². The van der Waals surface area contributed by atoms with Crippen LogP contribution in [0.3, 0.4) is 0 Å². The Morgan fingerprint density at radius 3 is 2.79 bits per heavy atom. The van der Waals surface area contributed by atoms with Crippen molar-refractivity contribution in [3.05, 3.63) is 34.3 Å². The Morgan fingerprint density at radius 1 is 1.53 bits per heavy atom. The molecule has 0 unspecified atom stereocenters. The van der Waals surface area contributed by atoms with Crippen molar-refractivity contribution >= 4 is 33.0 Å². The van der Waals surface area contributed by atoms with Gasteiger partial charge >= 0.3 is 0 Å². The number of hydrogen-bond donors (Lipinski definition) is 0. The van der Waals surface area contributed by atoms with E-state index < -0.39 is 10.0 Å². The summed E-state index contributed by atoms with van der Waals surface area (Å²) in [4.78, 5) is 1.13. The highest BCUT2D eigenvalue weighted by Gasteiger charge is 2.22. The molecule has 104 valence electrons. The molecule has 0 aliphatic carbocycles. The van der Waals surface area contributed by atoms with Crippen LogP contribution in [0.15, 0.2) is 28.7 Å². The highest BCUT2D eigenvalue weighted by Crippen LogP contribution is 2.24. The number of aryl methyl sites for hydroxylation is 1. The number of hydrogen-bond acceptors (Lipinski definition) is 4. The molecule has 0 amide bonds. The Morgan fingerprint density at radius 2 is 2.26 bits per heavy atom. The smallest absolute Gasteiger partial charge is 0.243 e. The number of aromatic nitrogens is 2. The summed E-state index contributed by atoms with van der Waals surface area (Å²) in [5, 5.41) is 5.64. The number of thiophene rings is 1. The van der Waals surface area contributed by atoms with E-state index in [1.165, 1.54) is 15.6 Å². The molecule has 2 rings (SSSR count). The predicted molar refractivity (Wildman–Crippen MR) is 75.7 cm³/mol. The summed E-state index contributed by atoms with van der Waals surface area (Å²) in [6.45, 7) is 0.294. The minimum Gasteiger partial charge on any atom is -0.275 e. The lowest BCUT2D eigenvalue weighted by molar-refractivity contribution is 0.467. The Balaban J connectivity index is 2.19. The van der Waals surface area contributed by atoms with E-state index in [0.717, 1.165) is 10.4 Å². The fourth-order valence-corrected chi connectivity index (χ4v) is 4.18. The van der Waals surface area contributed by atoms with Crippen molar-refractivity contribution in [1.82, 2.24) is 14.1 Å². The lowest BCUT2D eigenvalue weighted by Gasteiger charge is -2.15. The average Bonchev–Trinajstić information content (AvgIpc) is 2.98. The normalized spacial score (nSPS) is 12.2. The molecule has 0 radical (unpaired) electrons. The van der Waals surface area contributed by atoms with Crippen LogP contribution >= 0.6 is 22.9 Å². The zero-order valence-corrected chi connectivity index (χ0v) is 13.0. The lowest BCUT2D eigenvalue weighted by atomic mass is 10.4. The molecular formula is C11H14ClN3O2S2. The summed E-state index contributed by atoms with van der Waals surface area (Å²) in [5.41, 5.74) is 0.848. The number of halogens is 1. The van der Waals surface area contributed by atoms with E-state index in [0.29, 0.717) is 17.3 Å². The Labute approximate surface area is 121 Å². The first-order valence-corrected chi connectivity index (χ1v) is 8.36. The zero-order valence-electron chi connectivity index (χ0n) is 10.6. The minimum atomic E-state index is -3.47. The van der Waals surface area contributed by atoms with E-state index in [-0.39, 0.29) is 0 Å². The summed E-state index contributed by atoms with van der Waals surface area (Å²) in [6, 6.07) is 1.62. The van der Waals surface area contributed by atoms with Crippen LogP contribution in [0.25, 0.3) is 0 Å². The number of rotatable bonds is 5. The highest BCUT2D eigenvalue weighted by atomic mass is 35.5. The third kappa shape index (κ3) is 3.17. The van der Waals surface area contributed by atoms with E-state index in [1.807, 2.05) is 0 Å². The van der Waals surface area contributed by atoms with E-state index in [9.17, 15) is 8.42 Å². The highest BCUT2D eigenvalue weighted by molar-refractivity contribution is 7.89. The summed E-state index contributed by atoms with van der Waals surface area (Å²) in [7, 11) is -0.118. The Kier molecular flexibility index (Phi) is 4.29. The largest absolute Gasteiger partial charge is 0.275 e. The van der Waals surface area contributed by atoms with Crippen LogP contribution in [0, 0.1) is 0 Å². The first kappa shape index (κ1) is 14.5. The van der Waals surface area contributed by atoms with Gasteiger partial charge in [0, 0.05) is 42.7 Å². The first-order valence-electron chi connectivity index (χ1n) is 5.50. The Bertz CT molecular complexity index is 663. The monoisotopic (exact) mass is 319 g/mol. The summed E-state index contributed by atoms with van der Waals surface area (Å²) < 4.78 is 27.6. The van der Waals surface area contributed by atoms with Crippen molar-refractivity contribution in [2.45, 2.75) is 17.3 Å². The van der Waals surface area contributed by atoms with Gasteiger partial charge in [-0.3, -0.25) is 4.68 Å². The fourth-order valence-electron chi connectivity index (χ4n) is 1.64. The van der Waals surface area contributed by atoms with E-state index in [4.69, 9.17) is 11.6 Å². The second kappa shape index (κ2) is 5.62. The summed E-state index contributed by atoms with van der Waals surface area (Å²) >= 11 is 7.04. The molecule has 0 saturated heterocycles. The number of alkyl halides is 1. The van der Waals surface area contributed by atoms with Gasteiger partial charge in [-0.1, -0.05) is 0 Å². The van der Waals surface area contributed by atoms with Gasteiger partial charge in [-0.15, -0.1) is 22.9 Å². The lowest BCUT2D eigenvalue weighted by Crippen LogP contribution is -2.26.